The molecule has 0 radical (unpaired) electrons. The van der Waals surface area contributed by atoms with E-state index in [-0.39, 0.29) is 24.6 Å². The average Bonchev–Trinajstić information content (AvgIpc) is 3.13. The number of rotatable bonds is 6. The number of nitrogens with zero attached hydrogens (tertiary/aromatic N) is 2. The van der Waals surface area contributed by atoms with Crippen molar-refractivity contribution in [3.63, 3.8) is 0 Å². The van der Waals surface area contributed by atoms with Crippen LogP contribution in [0.4, 0.5) is 0 Å². The van der Waals surface area contributed by atoms with Crippen molar-refractivity contribution < 1.29 is 14.3 Å². The van der Waals surface area contributed by atoms with E-state index in [9.17, 15) is 9.59 Å². The van der Waals surface area contributed by atoms with E-state index in [1.165, 1.54) is 11.3 Å². The van der Waals surface area contributed by atoms with Crippen LogP contribution in [0.25, 0.3) is 9.88 Å². The van der Waals surface area contributed by atoms with Crippen molar-refractivity contribution >= 4 is 34.6 Å². The van der Waals surface area contributed by atoms with Crippen LogP contribution in [0, 0.1) is 6.92 Å². The quantitative estimate of drug-likeness (QED) is 0.726. The number of thiophene rings is 1. The van der Waals surface area contributed by atoms with E-state index >= 15 is 0 Å². The van der Waals surface area contributed by atoms with Crippen molar-refractivity contribution in [2.24, 2.45) is 0 Å². The van der Waals surface area contributed by atoms with Gasteiger partial charge in [0.15, 0.2) is 6.61 Å². The second-order valence-electron chi connectivity index (χ2n) is 5.98. The van der Waals surface area contributed by atoms with Crippen LogP contribution >= 0.6 is 22.7 Å². The molecule has 24 heavy (non-hydrogen) atoms. The number of thiazole rings is 1. The van der Waals surface area contributed by atoms with Gasteiger partial charge in [0, 0.05) is 12.1 Å². The van der Waals surface area contributed by atoms with Crippen LogP contribution in [0.15, 0.2) is 17.5 Å². The monoisotopic (exact) mass is 366 g/mol. The zero-order valence-electron chi connectivity index (χ0n) is 14.5. The molecule has 2 aromatic rings. The molecular weight excluding hydrogens is 344 g/mol. The lowest BCUT2D eigenvalue weighted by atomic mass is 10.2. The summed E-state index contributed by atoms with van der Waals surface area (Å²) in [6.45, 7) is 9.31. The lowest BCUT2D eigenvalue weighted by Crippen LogP contribution is -2.44. The van der Waals surface area contributed by atoms with Gasteiger partial charge in [0.1, 0.15) is 9.88 Å². The molecule has 2 heterocycles. The lowest BCUT2D eigenvalue weighted by molar-refractivity contribution is -0.138. The van der Waals surface area contributed by atoms with Crippen molar-refractivity contribution in [1.82, 2.24) is 9.88 Å². The molecule has 2 rings (SSSR count). The molecule has 0 bridgehead atoms. The normalized spacial score (nSPS) is 11.1. The number of hydrogen-bond donors (Lipinski definition) is 0. The van der Waals surface area contributed by atoms with E-state index < -0.39 is 5.97 Å². The molecule has 0 saturated carbocycles. The molecule has 1 amide bonds. The fraction of sp³-hybridized carbons (Fsp3) is 0.471. The highest BCUT2D eigenvalue weighted by atomic mass is 32.1. The summed E-state index contributed by atoms with van der Waals surface area (Å²) in [5, 5.41) is 2.77. The van der Waals surface area contributed by atoms with Crippen LogP contribution in [0.5, 0.6) is 0 Å². The van der Waals surface area contributed by atoms with Gasteiger partial charge in [0.25, 0.3) is 5.91 Å². The van der Waals surface area contributed by atoms with E-state index in [0.717, 1.165) is 9.88 Å². The van der Waals surface area contributed by atoms with Crippen LogP contribution in [0.3, 0.4) is 0 Å². The molecule has 5 nitrogen and oxygen atoms in total. The largest absolute Gasteiger partial charge is 0.451 e. The summed E-state index contributed by atoms with van der Waals surface area (Å²) >= 11 is 2.87. The fourth-order valence-electron chi connectivity index (χ4n) is 2.53. The number of amides is 1. The first kappa shape index (κ1) is 18.6. The van der Waals surface area contributed by atoms with Gasteiger partial charge in [-0.25, -0.2) is 9.78 Å². The zero-order valence-corrected chi connectivity index (χ0v) is 16.2. The number of carbonyl (C=O) groups excluding carboxylic acids is 2. The number of aryl methyl sites for hydroxylation is 1. The average molecular weight is 367 g/mol. The van der Waals surface area contributed by atoms with Crippen molar-refractivity contribution in [3.05, 3.63) is 28.1 Å². The van der Waals surface area contributed by atoms with E-state index in [1.54, 1.807) is 23.2 Å². The third kappa shape index (κ3) is 4.21. The highest BCUT2D eigenvalue weighted by molar-refractivity contribution is 7.22. The molecule has 0 spiro atoms. The Bertz CT molecular complexity index is 697. The molecule has 130 valence electrons. The summed E-state index contributed by atoms with van der Waals surface area (Å²) in [5.41, 5.74) is 0.630. The van der Waals surface area contributed by atoms with Gasteiger partial charge in [-0.1, -0.05) is 6.07 Å². The highest BCUT2D eigenvalue weighted by Crippen LogP contribution is 2.31. The minimum absolute atomic E-state index is 0.0618. The molecule has 0 aliphatic carbocycles. The number of hydrogen-bond acceptors (Lipinski definition) is 6. The first-order chi connectivity index (χ1) is 11.3. The molecule has 0 unspecified atom stereocenters. The Labute approximate surface area is 150 Å². The topological polar surface area (TPSA) is 59.5 Å². The van der Waals surface area contributed by atoms with Crippen LogP contribution in [0.1, 0.15) is 43.1 Å². The third-order valence-electron chi connectivity index (χ3n) is 3.44. The van der Waals surface area contributed by atoms with Crippen molar-refractivity contribution in [1.29, 1.82) is 0 Å². The van der Waals surface area contributed by atoms with Gasteiger partial charge in [-0.05, 0) is 46.1 Å². The minimum atomic E-state index is -0.492. The predicted molar refractivity (Wildman–Crippen MR) is 97.6 cm³/mol. The van der Waals surface area contributed by atoms with Gasteiger partial charge in [-0.15, -0.1) is 22.7 Å². The third-order valence-corrected chi connectivity index (χ3v) is 5.62. The summed E-state index contributed by atoms with van der Waals surface area (Å²) < 4.78 is 5.23. The number of carbonyl (C=O) groups is 2. The summed E-state index contributed by atoms with van der Waals surface area (Å²) in [6.07, 6.45) is 0. The molecule has 0 fully saturated rings. The summed E-state index contributed by atoms with van der Waals surface area (Å²) in [5.74, 6) is -0.678. The second kappa shape index (κ2) is 7.90. The molecular formula is C17H22N2O3S2. The van der Waals surface area contributed by atoms with E-state index in [4.69, 9.17) is 4.74 Å². The smallest absolute Gasteiger partial charge is 0.350 e. The Morgan fingerprint density at radius 2 is 1.92 bits per heavy atom. The van der Waals surface area contributed by atoms with Crippen molar-refractivity contribution in [2.75, 3.05) is 6.61 Å². The van der Waals surface area contributed by atoms with Gasteiger partial charge in [-0.2, -0.15) is 0 Å². The maximum Gasteiger partial charge on any atom is 0.350 e. The van der Waals surface area contributed by atoms with Gasteiger partial charge in [0.2, 0.25) is 0 Å². The maximum atomic E-state index is 12.3. The Hall–Kier alpha value is -1.73. The van der Waals surface area contributed by atoms with Gasteiger partial charge in [0.05, 0.1) is 10.6 Å². The van der Waals surface area contributed by atoms with Gasteiger partial charge in [-0.3, -0.25) is 4.79 Å². The summed E-state index contributed by atoms with van der Waals surface area (Å²) in [4.78, 5) is 32.2. The summed E-state index contributed by atoms with van der Waals surface area (Å²) in [6, 6.07) is 4.03. The van der Waals surface area contributed by atoms with Crippen LogP contribution in [-0.2, 0) is 9.53 Å². The Morgan fingerprint density at radius 3 is 2.46 bits per heavy atom. The van der Waals surface area contributed by atoms with Crippen molar-refractivity contribution in [3.8, 4) is 9.88 Å². The first-order valence-electron chi connectivity index (χ1n) is 7.80. The van der Waals surface area contributed by atoms with E-state index in [2.05, 4.69) is 4.98 Å². The number of aromatic nitrogens is 1. The standard InChI is InChI=1S/C17H22N2O3S2/c1-10(2)19(11(3)4)14(20)9-22-17(21)15-12(5)18-16(24-15)13-7-6-8-23-13/h6-8,10-11H,9H2,1-5H3. The minimum Gasteiger partial charge on any atom is -0.451 e. The Morgan fingerprint density at radius 1 is 1.25 bits per heavy atom. The number of ether oxygens (including phenoxy) is 1. The highest BCUT2D eigenvalue weighted by Gasteiger charge is 2.23. The fourth-order valence-corrected chi connectivity index (χ4v) is 4.29. The molecule has 0 atom stereocenters. The van der Waals surface area contributed by atoms with Crippen LogP contribution < -0.4 is 0 Å². The summed E-state index contributed by atoms with van der Waals surface area (Å²) in [7, 11) is 0. The van der Waals surface area contributed by atoms with Crippen LogP contribution in [-0.4, -0.2) is 40.5 Å². The Kier molecular flexibility index (Phi) is 6.12. The van der Waals surface area contributed by atoms with Crippen LogP contribution in [0.2, 0.25) is 0 Å². The lowest BCUT2D eigenvalue weighted by Gasteiger charge is -2.30. The molecule has 0 N–H and O–H groups in total. The second-order valence-corrected chi connectivity index (χ2v) is 7.92. The van der Waals surface area contributed by atoms with E-state index in [0.29, 0.717) is 10.6 Å². The van der Waals surface area contributed by atoms with E-state index in [1.807, 2.05) is 45.2 Å². The molecule has 0 aliphatic heterocycles. The molecule has 0 saturated heterocycles. The predicted octanol–water partition coefficient (Wildman–Crippen LogP) is 3.98. The SMILES string of the molecule is Cc1nc(-c2cccs2)sc1C(=O)OCC(=O)N(C(C)C)C(C)C. The molecule has 0 aliphatic rings. The molecule has 2 aromatic heterocycles. The first-order valence-corrected chi connectivity index (χ1v) is 9.50. The number of esters is 1. The van der Waals surface area contributed by atoms with Gasteiger partial charge >= 0.3 is 5.97 Å². The molecule has 7 heteroatoms. The Balaban J connectivity index is 2.04. The molecule has 0 aromatic carbocycles. The van der Waals surface area contributed by atoms with Gasteiger partial charge < -0.3 is 9.64 Å². The maximum absolute atomic E-state index is 12.3. The zero-order chi connectivity index (χ0) is 17.9. The van der Waals surface area contributed by atoms with Crippen molar-refractivity contribution in [2.45, 2.75) is 46.7 Å².